The van der Waals surface area contributed by atoms with Gasteiger partial charge in [0, 0.05) is 12.2 Å². The number of ether oxygens (including phenoxy) is 1. The van der Waals surface area contributed by atoms with Gasteiger partial charge in [-0.3, -0.25) is 4.79 Å². The minimum Gasteiger partial charge on any atom is -0.375 e. The van der Waals surface area contributed by atoms with Crippen LogP contribution < -0.4 is 11.1 Å². The molecule has 0 atom stereocenters. The third kappa shape index (κ3) is 4.78. The van der Waals surface area contributed by atoms with Crippen molar-refractivity contribution < 1.29 is 9.53 Å². The van der Waals surface area contributed by atoms with Gasteiger partial charge < -0.3 is 15.8 Å². The molecule has 0 aromatic carbocycles. The second-order valence-corrected chi connectivity index (χ2v) is 9.31. The minimum atomic E-state index is -0.444. The lowest BCUT2D eigenvalue weighted by Crippen LogP contribution is -2.31. The molecule has 0 bridgehead atoms. The van der Waals surface area contributed by atoms with Gasteiger partial charge in [-0.2, -0.15) is 0 Å². The van der Waals surface area contributed by atoms with E-state index in [-0.39, 0.29) is 5.41 Å². The maximum atomic E-state index is 11.8. The molecule has 3 aliphatic carbocycles. The Bertz CT molecular complexity index is 689. The topological polar surface area (TPSA) is 90.1 Å². The Kier molecular flexibility index (Phi) is 5.10. The first kappa shape index (κ1) is 18.7. The Morgan fingerprint density at radius 1 is 1.15 bits per heavy atom. The summed E-state index contributed by atoms with van der Waals surface area (Å²) in [7, 11) is 0. The first-order chi connectivity index (χ1) is 12.9. The summed E-state index contributed by atoms with van der Waals surface area (Å²) in [6, 6.07) is 0.368. The van der Waals surface area contributed by atoms with Crippen LogP contribution in [0.1, 0.15) is 81.3 Å². The number of hydrogen-bond acceptors (Lipinski definition) is 5. The van der Waals surface area contributed by atoms with E-state index < -0.39 is 5.91 Å². The number of carbonyl (C=O) groups excluding carboxylic acids is 1. The van der Waals surface area contributed by atoms with Gasteiger partial charge in [-0.05, 0) is 69.1 Å². The Labute approximate surface area is 161 Å². The van der Waals surface area contributed by atoms with Crippen LogP contribution in [0.2, 0.25) is 0 Å². The fourth-order valence-corrected chi connectivity index (χ4v) is 4.27. The number of carbonyl (C=O) groups is 1. The third-order valence-electron chi connectivity index (χ3n) is 6.36. The number of nitrogens with one attached hydrogen (secondary N) is 1. The average molecular weight is 373 g/mol. The maximum absolute atomic E-state index is 11.8. The highest BCUT2D eigenvalue weighted by atomic mass is 16.5. The van der Waals surface area contributed by atoms with E-state index in [2.05, 4.69) is 24.1 Å². The Morgan fingerprint density at radius 2 is 1.78 bits per heavy atom. The van der Waals surface area contributed by atoms with E-state index in [0.717, 1.165) is 37.8 Å². The fraction of sp³-hybridized carbons (Fsp3) is 0.762. The van der Waals surface area contributed by atoms with Crippen LogP contribution in [-0.2, 0) is 11.2 Å². The van der Waals surface area contributed by atoms with Gasteiger partial charge in [-0.25, -0.2) is 9.97 Å². The summed E-state index contributed by atoms with van der Waals surface area (Å²) < 4.78 is 6.03. The Hall–Kier alpha value is -1.69. The number of nitrogens with zero attached hydrogens (tertiary/aromatic N) is 2. The molecule has 1 aromatic rings. The van der Waals surface area contributed by atoms with Crippen molar-refractivity contribution in [3.05, 3.63) is 17.5 Å². The number of rotatable bonds is 8. The normalized spacial score (nSPS) is 26.0. The van der Waals surface area contributed by atoms with Gasteiger partial charge in [-0.1, -0.05) is 13.8 Å². The molecule has 27 heavy (non-hydrogen) atoms. The average Bonchev–Trinajstić information content (AvgIpc) is 3.50. The Morgan fingerprint density at radius 3 is 2.33 bits per heavy atom. The lowest BCUT2D eigenvalue weighted by molar-refractivity contribution is 0.0146. The van der Waals surface area contributed by atoms with Crippen LogP contribution in [0.5, 0.6) is 0 Å². The number of nitrogens with two attached hydrogens (primary N) is 1. The molecule has 3 aliphatic rings. The molecular formula is C21H32N4O2. The molecule has 0 unspecified atom stereocenters. The van der Waals surface area contributed by atoms with Crippen LogP contribution in [0.4, 0.5) is 5.95 Å². The molecule has 1 amide bonds. The lowest BCUT2D eigenvalue weighted by atomic mass is 9.82. The van der Waals surface area contributed by atoms with Crippen molar-refractivity contribution >= 4 is 11.9 Å². The van der Waals surface area contributed by atoms with Gasteiger partial charge in [0.1, 0.15) is 0 Å². The predicted octanol–water partition coefficient (Wildman–Crippen LogP) is 3.46. The second kappa shape index (κ2) is 7.38. The van der Waals surface area contributed by atoms with Crippen molar-refractivity contribution in [3.63, 3.8) is 0 Å². The van der Waals surface area contributed by atoms with E-state index in [1.54, 1.807) is 6.20 Å². The molecule has 0 radical (unpaired) electrons. The van der Waals surface area contributed by atoms with Crippen LogP contribution in [0, 0.1) is 11.3 Å². The first-order valence-electron chi connectivity index (χ1n) is 10.5. The van der Waals surface area contributed by atoms with Crippen LogP contribution in [0.3, 0.4) is 0 Å². The SMILES string of the molecule is CC(C)(Cc1nc(NC2CCC(OC3CC3)CC2)ncc1C(N)=O)C1CC1. The van der Waals surface area contributed by atoms with Gasteiger partial charge >= 0.3 is 0 Å². The Balaban J connectivity index is 1.40. The second-order valence-electron chi connectivity index (χ2n) is 9.31. The molecule has 1 aromatic heterocycles. The zero-order chi connectivity index (χ0) is 19.0. The molecule has 0 saturated heterocycles. The summed E-state index contributed by atoms with van der Waals surface area (Å²) in [6.45, 7) is 4.51. The molecule has 6 heteroatoms. The smallest absolute Gasteiger partial charge is 0.252 e. The zero-order valence-corrected chi connectivity index (χ0v) is 16.5. The fourth-order valence-electron chi connectivity index (χ4n) is 4.27. The van der Waals surface area contributed by atoms with Gasteiger partial charge in [0.05, 0.1) is 23.5 Å². The minimum absolute atomic E-state index is 0.133. The van der Waals surface area contributed by atoms with Crippen LogP contribution in [0.25, 0.3) is 0 Å². The van der Waals surface area contributed by atoms with Crippen molar-refractivity contribution in [2.45, 2.75) is 89.9 Å². The highest BCUT2D eigenvalue weighted by Gasteiger charge is 2.38. The van der Waals surface area contributed by atoms with E-state index in [4.69, 9.17) is 15.5 Å². The molecule has 0 spiro atoms. The van der Waals surface area contributed by atoms with Crippen LogP contribution in [0.15, 0.2) is 6.20 Å². The van der Waals surface area contributed by atoms with Crippen molar-refractivity contribution in [3.8, 4) is 0 Å². The number of anilines is 1. The summed E-state index contributed by atoms with van der Waals surface area (Å²) in [4.78, 5) is 20.9. The van der Waals surface area contributed by atoms with E-state index in [1.807, 2.05) is 0 Å². The third-order valence-corrected chi connectivity index (χ3v) is 6.36. The molecule has 3 saturated carbocycles. The van der Waals surface area contributed by atoms with Crippen molar-refractivity contribution in [1.29, 1.82) is 0 Å². The molecule has 3 fully saturated rings. The number of primary amides is 1. The lowest BCUT2D eigenvalue weighted by Gasteiger charge is -2.29. The molecule has 6 nitrogen and oxygen atoms in total. The van der Waals surface area contributed by atoms with Gasteiger partial charge in [0.25, 0.3) is 5.91 Å². The van der Waals surface area contributed by atoms with Crippen LogP contribution >= 0.6 is 0 Å². The van der Waals surface area contributed by atoms with Crippen molar-refractivity contribution in [2.24, 2.45) is 17.1 Å². The van der Waals surface area contributed by atoms with Gasteiger partial charge in [0.2, 0.25) is 5.95 Å². The largest absolute Gasteiger partial charge is 0.375 e. The van der Waals surface area contributed by atoms with E-state index in [0.29, 0.717) is 35.7 Å². The molecule has 0 aliphatic heterocycles. The summed E-state index contributed by atoms with van der Waals surface area (Å²) in [5, 5.41) is 3.48. The number of amides is 1. The standard InChI is InChI=1S/C21H32N4O2/c1-21(2,13-3-4-13)11-18-17(19(22)26)12-23-20(25-18)24-14-5-7-15(8-6-14)27-16-9-10-16/h12-16H,3-11H2,1-2H3,(H2,22,26)(H,23,24,25). The molecule has 4 rings (SSSR count). The van der Waals surface area contributed by atoms with Gasteiger partial charge in [-0.15, -0.1) is 0 Å². The maximum Gasteiger partial charge on any atom is 0.252 e. The summed E-state index contributed by atoms with van der Waals surface area (Å²) in [6.07, 6.45) is 12.6. The first-order valence-corrected chi connectivity index (χ1v) is 10.5. The zero-order valence-electron chi connectivity index (χ0n) is 16.5. The van der Waals surface area contributed by atoms with E-state index in [9.17, 15) is 4.79 Å². The molecular weight excluding hydrogens is 340 g/mol. The van der Waals surface area contributed by atoms with Crippen molar-refractivity contribution in [1.82, 2.24) is 9.97 Å². The van der Waals surface area contributed by atoms with E-state index >= 15 is 0 Å². The highest BCUT2D eigenvalue weighted by molar-refractivity contribution is 5.93. The molecule has 1 heterocycles. The number of hydrogen-bond donors (Lipinski definition) is 2. The monoisotopic (exact) mass is 372 g/mol. The van der Waals surface area contributed by atoms with Crippen LogP contribution in [-0.4, -0.2) is 34.1 Å². The summed E-state index contributed by atoms with van der Waals surface area (Å²) in [5.41, 5.74) is 6.93. The van der Waals surface area contributed by atoms with E-state index in [1.165, 1.54) is 25.7 Å². The summed E-state index contributed by atoms with van der Waals surface area (Å²) >= 11 is 0. The van der Waals surface area contributed by atoms with Crippen molar-refractivity contribution in [2.75, 3.05) is 5.32 Å². The highest BCUT2D eigenvalue weighted by Crippen LogP contribution is 2.47. The molecule has 3 N–H and O–H groups in total. The van der Waals surface area contributed by atoms with Gasteiger partial charge in [0.15, 0.2) is 0 Å². The predicted molar refractivity (Wildman–Crippen MR) is 105 cm³/mol. The molecule has 148 valence electrons. The number of aromatic nitrogens is 2. The summed E-state index contributed by atoms with van der Waals surface area (Å²) in [5.74, 6) is 0.889. The quantitative estimate of drug-likeness (QED) is 0.729.